The van der Waals surface area contributed by atoms with Gasteiger partial charge in [-0.3, -0.25) is 0 Å². The first kappa shape index (κ1) is 13.7. The van der Waals surface area contributed by atoms with Crippen LogP contribution in [0.15, 0.2) is 36.4 Å². The highest BCUT2D eigenvalue weighted by Gasteiger charge is 2.15. The molecule has 0 heterocycles. The van der Waals surface area contributed by atoms with Crippen LogP contribution in [0.1, 0.15) is 28.3 Å². The molecule has 1 nitrogen and oxygen atoms in total. The molecule has 100 valence electrons. The summed E-state index contributed by atoms with van der Waals surface area (Å²) in [4.78, 5) is 0. The van der Waals surface area contributed by atoms with Crippen molar-refractivity contribution in [1.29, 1.82) is 0 Å². The number of hydrogen-bond acceptors (Lipinski definition) is 1. The lowest BCUT2D eigenvalue weighted by Crippen LogP contribution is -2.16. The third kappa shape index (κ3) is 2.99. The van der Waals surface area contributed by atoms with E-state index in [0.29, 0.717) is 12.0 Å². The Kier molecular flexibility index (Phi) is 3.96. The Labute approximate surface area is 112 Å². The molecular weight excluding hydrogens is 244 g/mol. The van der Waals surface area contributed by atoms with E-state index in [9.17, 15) is 8.78 Å². The van der Waals surface area contributed by atoms with Crippen molar-refractivity contribution in [3.8, 4) is 0 Å². The van der Waals surface area contributed by atoms with Crippen molar-refractivity contribution in [1.82, 2.24) is 0 Å². The molecule has 0 amide bonds. The first-order chi connectivity index (χ1) is 8.99. The SMILES string of the molecule is Cc1cc(F)c(C(N)Cc2ccccc2C)cc1F. The average molecular weight is 261 g/mol. The third-order valence-corrected chi connectivity index (χ3v) is 3.38. The fourth-order valence-electron chi connectivity index (χ4n) is 2.13. The maximum absolute atomic E-state index is 13.8. The van der Waals surface area contributed by atoms with Crippen molar-refractivity contribution in [2.45, 2.75) is 26.3 Å². The highest BCUT2D eigenvalue weighted by atomic mass is 19.1. The zero-order valence-corrected chi connectivity index (χ0v) is 11.1. The zero-order chi connectivity index (χ0) is 14.0. The van der Waals surface area contributed by atoms with Crippen LogP contribution in [0, 0.1) is 25.5 Å². The molecule has 0 aliphatic rings. The van der Waals surface area contributed by atoms with Crippen molar-refractivity contribution in [3.05, 3.63) is 70.3 Å². The lowest BCUT2D eigenvalue weighted by atomic mass is 9.95. The Morgan fingerprint density at radius 3 is 2.37 bits per heavy atom. The molecule has 1 atom stereocenters. The van der Waals surface area contributed by atoms with Gasteiger partial charge in [0, 0.05) is 11.6 Å². The lowest BCUT2D eigenvalue weighted by Gasteiger charge is -2.15. The predicted octanol–water partition coefficient (Wildman–Crippen LogP) is 3.82. The van der Waals surface area contributed by atoms with Crippen LogP contribution in [0.3, 0.4) is 0 Å². The van der Waals surface area contributed by atoms with Gasteiger partial charge in [0.25, 0.3) is 0 Å². The molecule has 0 aliphatic carbocycles. The van der Waals surface area contributed by atoms with Crippen molar-refractivity contribution in [3.63, 3.8) is 0 Å². The molecule has 0 aromatic heterocycles. The molecule has 0 bridgehead atoms. The van der Waals surface area contributed by atoms with Crippen LogP contribution in [0.25, 0.3) is 0 Å². The number of hydrogen-bond donors (Lipinski definition) is 1. The number of halogens is 2. The first-order valence-electron chi connectivity index (χ1n) is 6.24. The van der Waals surface area contributed by atoms with Crippen LogP contribution in [-0.2, 0) is 6.42 Å². The topological polar surface area (TPSA) is 26.0 Å². The Morgan fingerprint density at radius 2 is 1.68 bits per heavy atom. The van der Waals surface area contributed by atoms with E-state index in [2.05, 4.69) is 0 Å². The van der Waals surface area contributed by atoms with Crippen LogP contribution in [0.2, 0.25) is 0 Å². The number of nitrogens with two attached hydrogens (primary N) is 1. The quantitative estimate of drug-likeness (QED) is 0.893. The van der Waals surface area contributed by atoms with Crippen LogP contribution in [0.5, 0.6) is 0 Å². The maximum Gasteiger partial charge on any atom is 0.128 e. The standard InChI is InChI=1S/C16H17F2N/c1-10-5-3-4-6-12(10)8-16(19)13-9-14(17)11(2)7-15(13)18/h3-7,9,16H,8,19H2,1-2H3. The van der Waals surface area contributed by atoms with Gasteiger partial charge in [-0.2, -0.15) is 0 Å². The molecule has 2 rings (SSSR count). The van der Waals surface area contributed by atoms with Crippen molar-refractivity contribution in [2.75, 3.05) is 0 Å². The van der Waals surface area contributed by atoms with E-state index >= 15 is 0 Å². The van der Waals surface area contributed by atoms with Gasteiger partial charge in [-0.05, 0) is 49.1 Å². The van der Waals surface area contributed by atoms with Crippen LogP contribution in [0.4, 0.5) is 8.78 Å². The summed E-state index contributed by atoms with van der Waals surface area (Å²) in [7, 11) is 0. The van der Waals surface area contributed by atoms with Gasteiger partial charge in [-0.1, -0.05) is 24.3 Å². The minimum Gasteiger partial charge on any atom is -0.324 e. The van der Waals surface area contributed by atoms with Gasteiger partial charge in [0.15, 0.2) is 0 Å². The van der Waals surface area contributed by atoms with Gasteiger partial charge in [-0.25, -0.2) is 8.78 Å². The second-order valence-electron chi connectivity index (χ2n) is 4.86. The summed E-state index contributed by atoms with van der Waals surface area (Å²) in [6.45, 7) is 3.52. The lowest BCUT2D eigenvalue weighted by molar-refractivity contribution is 0.556. The zero-order valence-electron chi connectivity index (χ0n) is 11.1. The molecule has 3 heteroatoms. The average Bonchev–Trinajstić information content (AvgIpc) is 2.36. The number of aryl methyl sites for hydroxylation is 2. The molecule has 0 radical (unpaired) electrons. The molecule has 2 N–H and O–H groups in total. The Morgan fingerprint density at radius 1 is 1.00 bits per heavy atom. The summed E-state index contributed by atoms with van der Waals surface area (Å²) in [5, 5.41) is 0. The van der Waals surface area contributed by atoms with E-state index in [1.807, 2.05) is 31.2 Å². The second kappa shape index (κ2) is 5.49. The van der Waals surface area contributed by atoms with E-state index in [1.165, 1.54) is 19.1 Å². The van der Waals surface area contributed by atoms with E-state index < -0.39 is 17.7 Å². The molecule has 0 saturated carbocycles. The van der Waals surface area contributed by atoms with Crippen LogP contribution < -0.4 is 5.73 Å². The summed E-state index contributed by atoms with van der Waals surface area (Å²) in [6.07, 6.45) is 0.492. The van der Waals surface area contributed by atoms with Crippen molar-refractivity contribution < 1.29 is 8.78 Å². The molecular formula is C16H17F2N. The van der Waals surface area contributed by atoms with Gasteiger partial charge in [0.05, 0.1) is 0 Å². The third-order valence-electron chi connectivity index (χ3n) is 3.38. The molecule has 2 aromatic rings. The fraction of sp³-hybridized carbons (Fsp3) is 0.250. The maximum atomic E-state index is 13.8. The number of benzene rings is 2. The predicted molar refractivity (Wildman–Crippen MR) is 72.9 cm³/mol. The van der Waals surface area contributed by atoms with Crippen molar-refractivity contribution in [2.24, 2.45) is 5.73 Å². The molecule has 0 fully saturated rings. The van der Waals surface area contributed by atoms with Gasteiger partial charge >= 0.3 is 0 Å². The van der Waals surface area contributed by atoms with Gasteiger partial charge < -0.3 is 5.73 Å². The molecule has 0 aliphatic heterocycles. The Hall–Kier alpha value is -1.74. The van der Waals surface area contributed by atoms with Gasteiger partial charge in [-0.15, -0.1) is 0 Å². The van der Waals surface area contributed by atoms with Gasteiger partial charge in [0.2, 0.25) is 0 Å². The van der Waals surface area contributed by atoms with E-state index in [1.54, 1.807) is 0 Å². The van der Waals surface area contributed by atoms with Crippen LogP contribution in [-0.4, -0.2) is 0 Å². The first-order valence-corrected chi connectivity index (χ1v) is 6.24. The smallest absolute Gasteiger partial charge is 0.128 e. The summed E-state index contributed by atoms with van der Waals surface area (Å²) < 4.78 is 27.4. The van der Waals surface area contributed by atoms with Crippen LogP contribution >= 0.6 is 0 Å². The van der Waals surface area contributed by atoms with E-state index in [-0.39, 0.29) is 5.56 Å². The minimum absolute atomic E-state index is 0.228. The minimum atomic E-state index is -0.545. The molecule has 0 saturated heterocycles. The van der Waals surface area contributed by atoms with E-state index in [0.717, 1.165) is 11.1 Å². The largest absolute Gasteiger partial charge is 0.324 e. The monoisotopic (exact) mass is 261 g/mol. The molecule has 19 heavy (non-hydrogen) atoms. The molecule has 0 spiro atoms. The summed E-state index contributed by atoms with van der Waals surface area (Å²) in [5.74, 6) is -0.864. The molecule has 2 aromatic carbocycles. The second-order valence-corrected chi connectivity index (χ2v) is 4.86. The summed E-state index contributed by atoms with van der Waals surface area (Å²) >= 11 is 0. The highest BCUT2D eigenvalue weighted by Crippen LogP contribution is 2.23. The summed E-state index contributed by atoms with van der Waals surface area (Å²) in [5.41, 5.74) is 8.69. The van der Waals surface area contributed by atoms with Crippen molar-refractivity contribution >= 4 is 0 Å². The normalized spacial score (nSPS) is 12.5. The number of rotatable bonds is 3. The molecule has 1 unspecified atom stereocenters. The van der Waals surface area contributed by atoms with E-state index in [4.69, 9.17) is 5.73 Å². The summed E-state index contributed by atoms with van der Waals surface area (Å²) in [6, 6.07) is 9.65. The Balaban J connectivity index is 2.28. The fourth-order valence-corrected chi connectivity index (χ4v) is 2.13. The Bertz CT molecular complexity index is 593. The van der Waals surface area contributed by atoms with Gasteiger partial charge in [0.1, 0.15) is 11.6 Å². The highest BCUT2D eigenvalue weighted by molar-refractivity contribution is 5.31.